The van der Waals surface area contributed by atoms with Gasteiger partial charge < -0.3 is 11.1 Å². The maximum absolute atomic E-state index is 5.74. The molecule has 0 amide bonds. The normalized spacial score (nSPS) is 27.1. The Bertz CT molecular complexity index is 433. The molecule has 0 radical (unpaired) electrons. The summed E-state index contributed by atoms with van der Waals surface area (Å²) in [6, 6.07) is 2.38. The van der Waals surface area contributed by atoms with Crippen molar-refractivity contribution in [3.63, 3.8) is 0 Å². The fraction of sp³-hybridized carbons (Fsp3) is 0.571. The highest BCUT2D eigenvalue weighted by molar-refractivity contribution is 7.80. The van der Waals surface area contributed by atoms with E-state index >= 15 is 0 Å². The van der Waals surface area contributed by atoms with Crippen LogP contribution in [0.5, 0.6) is 0 Å². The first-order valence-electron chi connectivity index (χ1n) is 6.63. The van der Waals surface area contributed by atoms with Crippen LogP contribution in [0.2, 0.25) is 0 Å². The van der Waals surface area contributed by atoms with E-state index in [-0.39, 0.29) is 0 Å². The molecule has 1 heterocycles. The number of nitrogens with zero attached hydrogens (tertiary/aromatic N) is 1. The number of nitrogens with one attached hydrogen (secondary N) is 1. The Morgan fingerprint density at radius 2 is 2.33 bits per heavy atom. The van der Waals surface area contributed by atoms with E-state index in [0.717, 1.165) is 17.2 Å². The Kier molecular flexibility index (Phi) is 4.17. The minimum absolute atomic E-state index is 0.428. The van der Waals surface area contributed by atoms with Gasteiger partial charge in [-0.2, -0.15) is 0 Å². The highest BCUT2D eigenvalue weighted by Gasteiger charge is 2.31. The van der Waals surface area contributed by atoms with Crippen molar-refractivity contribution in [2.24, 2.45) is 17.6 Å². The number of aromatic nitrogens is 1. The van der Waals surface area contributed by atoms with Gasteiger partial charge in [-0.25, -0.2) is 0 Å². The molecule has 1 aliphatic rings. The molecule has 1 fully saturated rings. The lowest BCUT2D eigenvalue weighted by Crippen LogP contribution is -2.26. The lowest BCUT2D eigenvalue weighted by molar-refractivity contribution is 0.392. The number of pyridine rings is 1. The van der Waals surface area contributed by atoms with Gasteiger partial charge in [0.2, 0.25) is 0 Å². The van der Waals surface area contributed by atoms with Gasteiger partial charge in [0.05, 0.1) is 11.9 Å². The van der Waals surface area contributed by atoms with Crippen molar-refractivity contribution in [3.05, 3.63) is 24.0 Å². The Labute approximate surface area is 114 Å². The van der Waals surface area contributed by atoms with E-state index in [1.165, 1.54) is 19.3 Å². The monoisotopic (exact) mass is 263 g/mol. The van der Waals surface area contributed by atoms with Gasteiger partial charge >= 0.3 is 0 Å². The van der Waals surface area contributed by atoms with Crippen LogP contribution in [0.4, 0.5) is 5.69 Å². The second kappa shape index (κ2) is 5.65. The number of hydrogen-bond acceptors (Lipinski definition) is 3. The molecule has 0 saturated heterocycles. The van der Waals surface area contributed by atoms with Crippen molar-refractivity contribution in [2.75, 3.05) is 5.32 Å². The van der Waals surface area contributed by atoms with Crippen molar-refractivity contribution >= 4 is 22.9 Å². The molecule has 1 aromatic rings. The van der Waals surface area contributed by atoms with Crippen LogP contribution in [0.25, 0.3) is 0 Å². The van der Waals surface area contributed by atoms with Crippen molar-refractivity contribution in [1.29, 1.82) is 0 Å². The summed E-state index contributed by atoms with van der Waals surface area (Å²) in [5, 5.41) is 3.57. The molecule has 98 valence electrons. The second-order valence-corrected chi connectivity index (χ2v) is 5.58. The summed E-state index contributed by atoms with van der Waals surface area (Å²) in [6.45, 7) is 4.60. The smallest absolute Gasteiger partial charge is 0.106 e. The first kappa shape index (κ1) is 13.3. The summed E-state index contributed by atoms with van der Waals surface area (Å²) in [5.41, 5.74) is 7.61. The molecular weight excluding hydrogens is 242 g/mol. The third-order valence-corrected chi connectivity index (χ3v) is 4.40. The Morgan fingerprint density at radius 1 is 1.56 bits per heavy atom. The number of thiocarbonyl (C=S) groups is 1. The first-order chi connectivity index (χ1) is 8.63. The molecule has 1 saturated carbocycles. The van der Waals surface area contributed by atoms with E-state index in [2.05, 4.69) is 24.1 Å². The summed E-state index contributed by atoms with van der Waals surface area (Å²) in [6.07, 6.45) is 7.32. The average molecular weight is 263 g/mol. The molecule has 0 aromatic carbocycles. The molecule has 0 bridgehead atoms. The first-order valence-corrected chi connectivity index (χ1v) is 7.04. The number of anilines is 1. The summed E-state index contributed by atoms with van der Waals surface area (Å²) in [4.78, 5) is 4.58. The molecule has 18 heavy (non-hydrogen) atoms. The average Bonchev–Trinajstić information content (AvgIpc) is 2.71. The van der Waals surface area contributed by atoms with Gasteiger partial charge in [0.1, 0.15) is 4.99 Å². The molecule has 3 unspecified atom stereocenters. The van der Waals surface area contributed by atoms with E-state index in [0.29, 0.717) is 16.9 Å². The van der Waals surface area contributed by atoms with E-state index in [1.54, 1.807) is 6.20 Å². The zero-order chi connectivity index (χ0) is 13.1. The minimum Gasteiger partial charge on any atom is -0.389 e. The van der Waals surface area contributed by atoms with E-state index < -0.39 is 0 Å². The Balaban J connectivity index is 2.13. The summed E-state index contributed by atoms with van der Waals surface area (Å²) in [7, 11) is 0. The molecule has 3 atom stereocenters. The highest BCUT2D eigenvalue weighted by Crippen LogP contribution is 2.35. The lowest BCUT2D eigenvalue weighted by Gasteiger charge is -2.23. The zero-order valence-electron chi connectivity index (χ0n) is 11.0. The number of nitrogens with two attached hydrogens (primary N) is 1. The predicted octanol–water partition coefficient (Wildman–Crippen LogP) is 2.95. The highest BCUT2D eigenvalue weighted by atomic mass is 32.1. The molecule has 2 rings (SSSR count). The molecule has 1 aliphatic carbocycles. The number of rotatable bonds is 4. The largest absolute Gasteiger partial charge is 0.389 e. The van der Waals surface area contributed by atoms with Crippen molar-refractivity contribution in [1.82, 2.24) is 4.98 Å². The van der Waals surface area contributed by atoms with Crippen LogP contribution >= 0.6 is 12.2 Å². The predicted molar refractivity (Wildman–Crippen MR) is 79.7 cm³/mol. The molecule has 0 aliphatic heterocycles. The molecule has 1 aromatic heterocycles. The SMILES string of the molecule is CCC1CCC(Nc2cnccc2C(N)=S)C1C. The standard InChI is InChI=1S/C14H21N3S/c1-3-10-4-5-12(9(10)2)17-13-8-16-7-6-11(13)14(15)18/h6-10,12,17H,3-5H2,1-2H3,(H2,15,18). The topological polar surface area (TPSA) is 50.9 Å². The van der Waals surface area contributed by atoms with Gasteiger partial charge in [-0.15, -0.1) is 0 Å². The quantitative estimate of drug-likeness (QED) is 0.820. The van der Waals surface area contributed by atoms with E-state index in [1.807, 2.05) is 12.3 Å². The fourth-order valence-electron chi connectivity index (χ4n) is 2.95. The minimum atomic E-state index is 0.428. The van der Waals surface area contributed by atoms with Gasteiger partial charge in [-0.1, -0.05) is 32.5 Å². The molecule has 3 N–H and O–H groups in total. The molecule has 4 heteroatoms. The Morgan fingerprint density at radius 3 is 2.94 bits per heavy atom. The number of hydrogen-bond donors (Lipinski definition) is 2. The third-order valence-electron chi connectivity index (χ3n) is 4.18. The molecule has 3 nitrogen and oxygen atoms in total. The summed E-state index contributed by atoms with van der Waals surface area (Å²) in [5.74, 6) is 1.52. The van der Waals surface area contributed by atoms with Crippen LogP contribution in [-0.4, -0.2) is 16.0 Å². The Hall–Kier alpha value is -1.16. The molecular formula is C14H21N3S. The van der Waals surface area contributed by atoms with Crippen molar-refractivity contribution < 1.29 is 0 Å². The summed E-state index contributed by atoms with van der Waals surface area (Å²) < 4.78 is 0. The van der Waals surface area contributed by atoms with Gasteiger partial charge in [-0.05, 0) is 30.7 Å². The van der Waals surface area contributed by atoms with Gasteiger partial charge in [0, 0.05) is 17.8 Å². The maximum atomic E-state index is 5.74. The zero-order valence-corrected chi connectivity index (χ0v) is 11.8. The van der Waals surface area contributed by atoms with Crippen molar-refractivity contribution in [3.8, 4) is 0 Å². The third kappa shape index (κ3) is 2.64. The second-order valence-electron chi connectivity index (χ2n) is 5.14. The van der Waals surface area contributed by atoms with Gasteiger partial charge in [0.25, 0.3) is 0 Å². The van der Waals surface area contributed by atoms with Gasteiger partial charge in [0.15, 0.2) is 0 Å². The lowest BCUT2D eigenvalue weighted by atomic mass is 9.93. The van der Waals surface area contributed by atoms with Crippen LogP contribution in [0.15, 0.2) is 18.5 Å². The van der Waals surface area contributed by atoms with E-state index in [9.17, 15) is 0 Å². The van der Waals surface area contributed by atoms with Crippen LogP contribution in [-0.2, 0) is 0 Å². The maximum Gasteiger partial charge on any atom is 0.106 e. The van der Waals surface area contributed by atoms with Crippen molar-refractivity contribution in [2.45, 2.75) is 39.2 Å². The van der Waals surface area contributed by atoms with Crippen LogP contribution in [0.3, 0.4) is 0 Å². The van der Waals surface area contributed by atoms with Crippen LogP contribution in [0.1, 0.15) is 38.7 Å². The van der Waals surface area contributed by atoms with Gasteiger partial charge in [-0.3, -0.25) is 4.98 Å². The van der Waals surface area contributed by atoms with E-state index in [4.69, 9.17) is 18.0 Å². The fourth-order valence-corrected chi connectivity index (χ4v) is 3.13. The van der Waals surface area contributed by atoms with Crippen LogP contribution in [0, 0.1) is 11.8 Å². The summed E-state index contributed by atoms with van der Waals surface area (Å²) >= 11 is 5.08. The molecule has 0 spiro atoms. The van der Waals surface area contributed by atoms with Crippen LogP contribution < -0.4 is 11.1 Å².